The van der Waals surface area contributed by atoms with Gasteiger partial charge in [0.2, 0.25) is 0 Å². The third kappa shape index (κ3) is 3.73. The third-order valence-electron chi connectivity index (χ3n) is 2.35. The predicted molar refractivity (Wildman–Crippen MR) is 48.8 cm³/mol. The molecule has 1 fully saturated rings. The summed E-state index contributed by atoms with van der Waals surface area (Å²) in [5.41, 5.74) is 0. The molecule has 0 aliphatic carbocycles. The summed E-state index contributed by atoms with van der Waals surface area (Å²) < 4.78 is 0. The van der Waals surface area contributed by atoms with Crippen LogP contribution in [0.15, 0.2) is 0 Å². The normalized spacial score (nSPS) is 20.5. The fraction of sp³-hybridized carbons (Fsp3) is 1.00. The zero-order chi connectivity index (χ0) is 7.94. The molecule has 0 amide bonds. The molecule has 0 unspecified atom stereocenters. The fourth-order valence-corrected chi connectivity index (χ4v) is 1.66. The molecule has 2 nitrogen and oxygen atoms in total. The Morgan fingerprint density at radius 1 is 1.18 bits per heavy atom. The summed E-state index contributed by atoms with van der Waals surface area (Å²) in [6.07, 6.45) is 5.58. The average Bonchev–Trinajstić information content (AvgIpc) is 2.07. The van der Waals surface area contributed by atoms with E-state index in [9.17, 15) is 0 Å². The standard InChI is InChI=1S/C9H20N2/c1-10-6-5-9-11-7-3-2-4-8-11/h10H,2-9H2,1H3. The van der Waals surface area contributed by atoms with Crippen LogP contribution in [-0.2, 0) is 0 Å². The van der Waals surface area contributed by atoms with Crippen molar-refractivity contribution in [2.75, 3.05) is 33.2 Å². The SMILES string of the molecule is CNCCCN1CCCCC1. The molecule has 1 rings (SSSR count). The van der Waals surface area contributed by atoms with Crippen molar-refractivity contribution >= 4 is 0 Å². The maximum Gasteiger partial charge on any atom is -0.000664 e. The van der Waals surface area contributed by atoms with E-state index >= 15 is 0 Å². The molecular formula is C9H20N2. The largest absolute Gasteiger partial charge is 0.320 e. The molecule has 0 saturated carbocycles. The van der Waals surface area contributed by atoms with Gasteiger partial charge in [0.15, 0.2) is 0 Å². The molecule has 0 spiro atoms. The second-order valence-electron chi connectivity index (χ2n) is 3.36. The molecule has 2 heteroatoms. The van der Waals surface area contributed by atoms with Gasteiger partial charge in [0.25, 0.3) is 0 Å². The van der Waals surface area contributed by atoms with Crippen molar-refractivity contribution in [2.24, 2.45) is 0 Å². The van der Waals surface area contributed by atoms with Crippen molar-refractivity contribution in [3.05, 3.63) is 0 Å². The van der Waals surface area contributed by atoms with Gasteiger partial charge in [0.1, 0.15) is 0 Å². The maximum atomic E-state index is 3.18. The lowest BCUT2D eigenvalue weighted by Crippen LogP contribution is -2.31. The molecule has 1 heterocycles. The molecule has 0 aromatic rings. The third-order valence-corrected chi connectivity index (χ3v) is 2.35. The summed E-state index contributed by atoms with van der Waals surface area (Å²) in [6.45, 7) is 5.13. The summed E-state index contributed by atoms with van der Waals surface area (Å²) in [7, 11) is 2.02. The van der Waals surface area contributed by atoms with Gasteiger partial charge in [-0.15, -0.1) is 0 Å². The van der Waals surface area contributed by atoms with Gasteiger partial charge in [-0.1, -0.05) is 6.42 Å². The summed E-state index contributed by atoms with van der Waals surface area (Å²) in [5, 5.41) is 3.18. The van der Waals surface area contributed by atoms with E-state index in [0.29, 0.717) is 0 Å². The smallest absolute Gasteiger partial charge is 0.000664 e. The van der Waals surface area contributed by atoms with Gasteiger partial charge in [-0.2, -0.15) is 0 Å². The van der Waals surface area contributed by atoms with Crippen LogP contribution in [-0.4, -0.2) is 38.1 Å². The van der Waals surface area contributed by atoms with E-state index in [2.05, 4.69) is 10.2 Å². The summed E-state index contributed by atoms with van der Waals surface area (Å²) in [6, 6.07) is 0. The van der Waals surface area contributed by atoms with Crippen molar-refractivity contribution in [2.45, 2.75) is 25.7 Å². The molecule has 1 saturated heterocycles. The van der Waals surface area contributed by atoms with Crippen LogP contribution in [0.1, 0.15) is 25.7 Å². The maximum absolute atomic E-state index is 3.18. The van der Waals surface area contributed by atoms with Crippen LogP contribution in [0.4, 0.5) is 0 Å². The lowest BCUT2D eigenvalue weighted by Gasteiger charge is -2.26. The molecule has 1 aliphatic rings. The van der Waals surface area contributed by atoms with Gasteiger partial charge in [-0.25, -0.2) is 0 Å². The van der Waals surface area contributed by atoms with Crippen LogP contribution in [0.5, 0.6) is 0 Å². The van der Waals surface area contributed by atoms with E-state index in [-0.39, 0.29) is 0 Å². The second kappa shape index (κ2) is 5.56. The minimum atomic E-state index is 1.16. The minimum absolute atomic E-state index is 1.16. The number of hydrogen-bond acceptors (Lipinski definition) is 2. The average molecular weight is 156 g/mol. The number of rotatable bonds is 4. The van der Waals surface area contributed by atoms with Crippen LogP contribution < -0.4 is 5.32 Å². The number of nitrogens with zero attached hydrogens (tertiary/aromatic N) is 1. The van der Waals surface area contributed by atoms with Crippen LogP contribution in [0, 0.1) is 0 Å². The van der Waals surface area contributed by atoms with Gasteiger partial charge >= 0.3 is 0 Å². The fourth-order valence-electron chi connectivity index (χ4n) is 1.66. The van der Waals surface area contributed by atoms with E-state index in [1.54, 1.807) is 0 Å². The Morgan fingerprint density at radius 2 is 1.91 bits per heavy atom. The second-order valence-corrected chi connectivity index (χ2v) is 3.36. The first-order chi connectivity index (χ1) is 5.43. The van der Waals surface area contributed by atoms with Crippen LogP contribution in [0.25, 0.3) is 0 Å². The summed E-state index contributed by atoms with van der Waals surface area (Å²) in [4.78, 5) is 2.58. The number of piperidine rings is 1. The Bertz CT molecular complexity index is 87.6. The highest BCUT2D eigenvalue weighted by atomic mass is 15.1. The monoisotopic (exact) mass is 156 g/mol. The van der Waals surface area contributed by atoms with Gasteiger partial charge in [-0.05, 0) is 52.5 Å². The Kier molecular flexibility index (Phi) is 4.55. The molecular weight excluding hydrogens is 136 g/mol. The van der Waals surface area contributed by atoms with Crippen LogP contribution >= 0.6 is 0 Å². The topological polar surface area (TPSA) is 15.3 Å². The Balaban J connectivity index is 1.96. The van der Waals surface area contributed by atoms with E-state index < -0.39 is 0 Å². The number of hydrogen-bond donors (Lipinski definition) is 1. The first kappa shape index (κ1) is 9.01. The van der Waals surface area contributed by atoms with Crippen molar-refractivity contribution in [1.82, 2.24) is 10.2 Å². The summed E-state index contributed by atoms with van der Waals surface area (Å²) >= 11 is 0. The van der Waals surface area contributed by atoms with Crippen LogP contribution in [0.3, 0.4) is 0 Å². The van der Waals surface area contributed by atoms with Gasteiger partial charge in [0, 0.05) is 0 Å². The van der Waals surface area contributed by atoms with E-state index in [4.69, 9.17) is 0 Å². The van der Waals surface area contributed by atoms with Gasteiger partial charge in [0.05, 0.1) is 0 Å². The molecule has 0 aromatic carbocycles. The molecule has 0 aromatic heterocycles. The highest BCUT2D eigenvalue weighted by Gasteiger charge is 2.08. The van der Waals surface area contributed by atoms with Gasteiger partial charge < -0.3 is 10.2 Å². The highest BCUT2D eigenvalue weighted by Crippen LogP contribution is 2.08. The van der Waals surface area contributed by atoms with Crippen molar-refractivity contribution in [1.29, 1.82) is 0 Å². The minimum Gasteiger partial charge on any atom is -0.320 e. The summed E-state index contributed by atoms with van der Waals surface area (Å²) in [5.74, 6) is 0. The molecule has 11 heavy (non-hydrogen) atoms. The Labute approximate surface area is 70.0 Å². The molecule has 0 radical (unpaired) electrons. The molecule has 0 atom stereocenters. The number of nitrogens with one attached hydrogen (secondary N) is 1. The molecule has 0 bridgehead atoms. The zero-order valence-electron chi connectivity index (χ0n) is 7.60. The lowest BCUT2D eigenvalue weighted by atomic mass is 10.1. The van der Waals surface area contributed by atoms with E-state index in [1.807, 2.05) is 7.05 Å². The quantitative estimate of drug-likeness (QED) is 0.613. The first-order valence-corrected chi connectivity index (χ1v) is 4.80. The van der Waals surface area contributed by atoms with Crippen molar-refractivity contribution < 1.29 is 0 Å². The highest BCUT2D eigenvalue weighted by molar-refractivity contribution is 4.64. The molecule has 1 N–H and O–H groups in total. The zero-order valence-corrected chi connectivity index (χ0v) is 7.60. The molecule has 1 aliphatic heterocycles. The predicted octanol–water partition coefficient (Wildman–Crippen LogP) is 1.08. The Hall–Kier alpha value is -0.0800. The van der Waals surface area contributed by atoms with Crippen LogP contribution in [0.2, 0.25) is 0 Å². The molecule has 66 valence electrons. The lowest BCUT2D eigenvalue weighted by molar-refractivity contribution is 0.226. The van der Waals surface area contributed by atoms with Gasteiger partial charge in [-0.3, -0.25) is 0 Å². The first-order valence-electron chi connectivity index (χ1n) is 4.80. The Morgan fingerprint density at radius 3 is 2.55 bits per heavy atom. The van der Waals surface area contributed by atoms with E-state index in [1.165, 1.54) is 45.3 Å². The van der Waals surface area contributed by atoms with Crippen molar-refractivity contribution in [3.8, 4) is 0 Å². The van der Waals surface area contributed by atoms with Crippen molar-refractivity contribution in [3.63, 3.8) is 0 Å². The van der Waals surface area contributed by atoms with E-state index in [0.717, 1.165) is 6.54 Å². The number of likely N-dealkylation sites (tertiary alicyclic amines) is 1.